The van der Waals surface area contributed by atoms with Crippen molar-refractivity contribution in [3.8, 4) is 0 Å². The molecule has 2 N–H and O–H groups in total. The molecule has 0 amide bonds. The Labute approximate surface area is 127 Å². The predicted octanol–water partition coefficient (Wildman–Crippen LogP) is 2.45. The lowest BCUT2D eigenvalue weighted by molar-refractivity contribution is -0.145. The second-order valence-corrected chi connectivity index (χ2v) is 6.48. The molecule has 1 aromatic rings. The minimum Gasteiger partial charge on any atom is -0.480 e. The van der Waals surface area contributed by atoms with Crippen LogP contribution in [0.1, 0.15) is 38.7 Å². The molecule has 116 valence electrons. The summed E-state index contributed by atoms with van der Waals surface area (Å²) in [5, 5.41) is 12.9. The highest BCUT2D eigenvalue weighted by atomic mass is 16.4. The normalized spacial score (nSPS) is 21.1. The zero-order chi connectivity index (χ0) is 15.5. The molecule has 1 fully saturated rings. The summed E-state index contributed by atoms with van der Waals surface area (Å²) in [5.74, 6) is -0.812. The first-order chi connectivity index (χ1) is 9.92. The van der Waals surface area contributed by atoms with Gasteiger partial charge in [-0.2, -0.15) is 0 Å². The van der Waals surface area contributed by atoms with Crippen LogP contribution in [0.4, 0.5) is 0 Å². The number of aliphatic carboxylic acids is 1. The molecule has 0 saturated carbocycles. The zero-order valence-corrected chi connectivity index (χ0v) is 13.2. The molecule has 1 aliphatic heterocycles. The molecule has 4 nitrogen and oxygen atoms in total. The van der Waals surface area contributed by atoms with Gasteiger partial charge in [0, 0.05) is 12.1 Å². The summed E-state index contributed by atoms with van der Waals surface area (Å²) in [4.78, 5) is 14.3. The molecule has 2 rings (SSSR count). The molecule has 0 aromatic heterocycles. The minimum absolute atomic E-state index is 0.175. The Morgan fingerprint density at radius 1 is 1.38 bits per heavy atom. The van der Waals surface area contributed by atoms with Gasteiger partial charge in [-0.1, -0.05) is 30.3 Å². The quantitative estimate of drug-likeness (QED) is 0.845. The first-order valence-electron chi connectivity index (χ1n) is 7.65. The van der Waals surface area contributed by atoms with E-state index < -0.39 is 11.5 Å². The van der Waals surface area contributed by atoms with E-state index in [1.54, 1.807) is 7.05 Å². The third-order valence-corrected chi connectivity index (χ3v) is 4.89. The largest absolute Gasteiger partial charge is 0.480 e. The van der Waals surface area contributed by atoms with E-state index in [1.165, 1.54) is 12.8 Å². The van der Waals surface area contributed by atoms with Crippen LogP contribution < -0.4 is 5.32 Å². The van der Waals surface area contributed by atoms with E-state index in [0.29, 0.717) is 6.42 Å². The molecule has 1 unspecified atom stereocenters. The molecule has 0 radical (unpaired) electrons. The maximum absolute atomic E-state index is 11.9. The van der Waals surface area contributed by atoms with Crippen molar-refractivity contribution in [1.29, 1.82) is 0 Å². The van der Waals surface area contributed by atoms with Crippen LogP contribution in [0.3, 0.4) is 0 Å². The number of rotatable bonds is 6. The fourth-order valence-corrected chi connectivity index (χ4v) is 3.35. The van der Waals surface area contributed by atoms with Gasteiger partial charge < -0.3 is 10.4 Å². The van der Waals surface area contributed by atoms with E-state index in [2.05, 4.69) is 24.1 Å². The van der Waals surface area contributed by atoms with Crippen molar-refractivity contribution in [2.75, 3.05) is 20.1 Å². The average molecular weight is 290 g/mol. The Morgan fingerprint density at radius 3 is 2.52 bits per heavy atom. The van der Waals surface area contributed by atoms with Crippen LogP contribution in [-0.2, 0) is 10.3 Å². The molecular formula is C17H26N2O2. The first kappa shape index (κ1) is 16.0. The lowest BCUT2D eigenvalue weighted by atomic mass is 9.86. The summed E-state index contributed by atoms with van der Waals surface area (Å²) in [7, 11) is 1.73. The number of nitrogens with one attached hydrogen (secondary N) is 1. The van der Waals surface area contributed by atoms with Gasteiger partial charge in [0.2, 0.25) is 0 Å². The lowest BCUT2D eigenvalue weighted by Gasteiger charge is -2.36. The third-order valence-electron chi connectivity index (χ3n) is 4.89. The standard InChI is InChI=1S/C17H26N2O2/c1-16(2)10-7-12-19(16)13-11-17(18-3,15(20)21)14-8-5-4-6-9-14/h4-6,8-9,18H,7,10-13H2,1-3H3,(H,20,21). The number of nitrogens with zero attached hydrogens (tertiary/aromatic N) is 1. The fraction of sp³-hybridized carbons (Fsp3) is 0.588. The highest BCUT2D eigenvalue weighted by molar-refractivity contribution is 5.80. The number of carbonyl (C=O) groups is 1. The molecule has 0 bridgehead atoms. The number of likely N-dealkylation sites (tertiary alicyclic amines) is 1. The Balaban J connectivity index is 2.20. The molecule has 4 heteroatoms. The van der Waals surface area contributed by atoms with Crippen molar-refractivity contribution in [3.63, 3.8) is 0 Å². The van der Waals surface area contributed by atoms with E-state index in [1.807, 2.05) is 30.3 Å². The summed E-state index contributed by atoms with van der Waals surface area (Å²) in [5.41, 5.74) is -0.0220. The topological polar surface area (TPSA) is 52.6 Å². The zero-order valence-electron chi connectivity index (χ0n) is 13.2. The maximum atomic E-state index is 11.9. The average Bonchev–Trinajstić information content (AvgIpc) is 2.80. The number of carboxylic acid groups (broad SMARTS) is 1. The summed E-state index contributed by atoms with van der Waals surface area (Å²) in [6.07, 6.45) is 2.93. The van der Waals surface area contributed by atoms with Gasteiger partial charge >= 0.3 is 5.97 Å². The van der Waals surface area contributed by atoms with Crippen molar-refractivity contribution in [3.05, 3.63) is 35.9 Å². The molecule has 1 aliphatic rings. The van der Waals surface area contributed by atoms with Gasteiger partial charge in [-0.25, -0.2) is 4.79 Å². The Morgan fingerprint density at radius 2 is 2.05 bits per heavy atom. The van der Waals surface area contributed by atoms with Crippen LogP contribution in [-0.4, -0.2) is 41.7 Å². The van der Waals surface area contributed by atoms with E-state index in [9.17, 15) is 9.90 Å². The van der Waals surface area contributed by atoms with Crippen molar-refractivity contribution in [2.24, 2.45) is 0 Å². The smallest absolute Gasteiger partial charge is 0.328 e. The van der Waals surface area contributed by atoms with Gasteiger partial charge in [0.05, 0.1) is 0 Å². The lowest BCUT2D eigenvalue weighted by Crippen LogP contribution is -2.50. The van der Waals surface area contributed by atoms with Gasteiger partial charge in [0.1, 0.15) is 5.54 Å². The molecular weight excluding hydrogens is 264 g/mol. The Kier molecular flexibility index (Phi) is 4.69. The van der Waals surface area contributed by atoms with E-state index >= 15 is 0 Å². The molecule has 1 heterocycles. The van der Waals surface area contributed by atoms with Gasteiger partial charge in [-0.15, -0.1) is 0 Å². The van der Waals surface area contributed by atoms with E-state index in [0.717, 1.165) is 18.7 Å². The maximum Gasteiger partial charge on any atom is 0.328 e. The van der Waals surface area contributed by atoms with Crippen molar-refractivity contribution in [2.45, 2.75) is 44.2 Å². The van der Waals surface area contributed by atoms with Crippen molar-refractivity contribution in [1.82, 2.24) is 10.2 Å². The Bertz CT molecular complexity index is 487. The Hall–Kier alpha value is -1.39. The molecule has 0 aliphatic carbocycles. The summed E-state index contributed by atoms with van der Waals surface area (Å²) >= 11 is 0. The van der Waals surface area contributed by atoms with Crippen LogP contribution in [0.15, 0.2) is 30.3 Å². The van der Waals surface area contributed by atoms with Crippen molar-refractivity contribution < 1.29 is 9.90 Å². The fourth-order valence-electron chi connectivity index (χ4n) is 3.35. The van der Waals surface area contributed by atoms with Gasteiger partial charge in [-0.3, -0.25) is 4.90 Å². The second-order valence-electron chi connectivity index (χ2n) is 6.48. The van der Waals surface area contributed by atoms with Gasteiger partial charge in [0.25, 0.3) is 0 Å². The van der Waals surface area contributed by atoms with E-state index in [-0.39, 0.29) is 5.54 Å². The van der Waals surface area contributed by atoms with Crippen molar-refractivity contribution >= 4 is 5.97 Å². The van der Waals surface area contributed by atoms with Gasteiger partial charge in [-0.05, 0) is 52.3 Å². The highest BCUT2D eigenvalue weighted by Gasteiger charge is 2.41. The predicted molar refractivity (Wildman–Crippen MR) is 84.3 cm³/mol. The second kappa shape index (κ2) is 6.16. The van der Waals surface area contributed by atoms with Crippen LogP contribution in [0.5, 0.6) is 0 Å². The number of benzene rings is 1. The summed E-state index contributed by atoms with van der Waals surface area (Å²) in [6, 6.07) is 9.48. The summed E-state index contributed by atoms with van der Waals surface area (Å²) in [6.45, 7) is 6.32. The monoisotopic (exact) mass is 290 g/mol. The molecule has 21 heavy (non-hydrogen) atoms. The number of hydrogen-bond donors (Lipinski definition) is 2. The van der Waals surface area contributed by atoms with Crippen LogP contribution >= 0.6 is 0 Å². The van der Waals surface area contributed by atoms with Crippen LogP contribution in [0.2, 0.25) is 0 Å². The minimum atomic E-state index is -1.01. The highest BCUT2D eigenvalue weighted by Crippen LogP contribution is 2.31. The number of hydrogen-bond acceptors (Lipinski definition) is 3. The molecule has 1 aromatic carbocycles. The number of likely N-dealkylation sites (N-methyl/N-ethyl adjacent to an activating group) is 1. The van der Waals surface area contributed by atoms with E-state index in [4.69, 9.17) is 0 Å². The SMILES string of the molecule is CNC(CCN1CCCC1(C)C)(C(=O)O)c1ccccc1. The molecule has 1 saturated heterocycles. The number of carboxylic acids is 1. The van der Waals surface area contributed by atoms with Crippen LogP contribution in [0.25, 0.3) is 0 Å². The third kappa shape index (κ3) is 3.11. The first-order valence-corrected chi connectivity index (χ1v) is 7.65. The molecule has 1 atom stereocenters. The molecule has 0 spiro atoms. The summed E-state index contributed by atoms with van der Waals surface area (Å²) < 4.78 is 0. The van der Waals surface area contributed by atoms with Gasteiger partial charge in [0.15, 0.2) is 0 Å². The van der Waals surface area contributed by atoms with Crippen LogP contribution in [0, 0.1) is 0 Å².